The smallest absolute Gasteiger partial charge is 0.248 e. The maximum atomic E-state index is 4.95. The highest BCUT2D eigenvalue weighted by Crippen LogP contribution is 2.48. The fraction of sp³-hybridized carbons (Fsp3) is 0.167. The van der Waals surface area contributed by atoms with Gasteiger partial charge in [0.05, 0.1) is 5.71 Å². The quantitative estimate of drug-likeness (QED) is 0.848. The molecule has 2 unspecified atom stereocenters. The van der Waals surface area contributed by atoms with Crippen LogP contribution in [0.4, 0.5) is 0 Å². The highest BCUT2D eigenvalue weighted by Gasteiger charge is 2.55. The van der Waals surface area contributed by atoms with Crippen molar-refractivity contribution in [3.8, 4) is 0 Å². The van der Waals surface area contributed by atoms with Gasteiger partial charge in [-0.3, -0.25) is 5.32 Å². The van der Waals surface area contributed by atoms with Gasteiger partial charge in [0.25, 0.3) is 0 Å². The zero-order valence-corrected chi connectivity index (χ0v) is 11.9. The third-order valence-electron chi connectivity index (χ3n) is 4.60. The lowest BCUT2D eigenvalue weighted by Gasteiger charge is -2.49. The van der Waals surface area contributed by atoms with E-state index >= 15 is 0 Å². The Labute approximate surface area is 128 Å². The second-order valence-electron chi connectivity index (χ2n) is 5.85. The van der Waals surface area contributed by atoms with Crippen LogP contribution in [0.2, 0.25) is 0 Å². The van der Waals surface area contributed by atoms with Crippen molar-refractivity contribution in [1.82, 2.24) is 5.32 Å². The predicted octanol–water partition coefficient (Wildman–Crippen LogP) is 3.03. The molecule has 0 saturated carbocycles. The lowest BCUT2D eigenvalue weighted by molar-refractivity contribution is 0.276. The van der Waals surface area contributed by atoms with E-state index in [2.05, 4.69) is 45.9 Å². The Morgan fingerprint density at radius 1 is 0.864 bits per heavy atom. The van der Waals surface area contributed by atoms with Gasteiger partial charge in [0.2, 0.25) is 5.79 Å². The molecule has 4 heteroatoms. The van der Waals surface area contributed by atoms with Crippen LogP contribution in [0.25, 0.3) is 0 Å². The molecule has 4 aliphatic rings. The number of hydrogen-bond acceptors (Lipinski definition) is 4. The highest BCUT2D eigenvalue weighted by atomic mass is 15.5. The third kappa shape index (κ3) is 1.37. The van der Waals surface area contributed by atoms with E-state index in [0.29, 0.717) is 0 Å². The Morgan fingerprint density at radius 2 is 1.59 bits per heavy atom. The molecule has 0 amide bonds. The van der Waals surface area contributed by atoms with Crippen molar-refractivity contribution in [3.05, 3.63) is 83.4 Å². The topological polar surface area (TPSA) is 49.1 Å². The van der Waals surface area contributed by atoms with Gasteiger partial charge in [-0.2, -0.15) is 5.11 Å². The Hall–Kier alpha value is -2.59. The maximum Gasteiger partial charge on any atom is 0.248 e. The summed E-state index contributed by atoms with van der Waals surface area (Å²) in [6.07, 6.45) is 2.24. The molecule has 0 aromatic heterocycles. The summed E-state index contributed by atoms with van der Waals surface area (Å²) in [6, 6.07) is 20.5. The monoisotopic (exact) mass is 286 g/mol. The SMILES string of the molecule is C1=C2CNC23N=NC1(c1ccccc1)C(c1ccccc1)=N3. The second kappa shape index (κ2) is 3.99. The number of aliphatic imine (C=N–C) groups is 1. The summed E-state index contributed by atoms with van der Waals surface area (Å²) in [4.78, 5) is 4.95. The molecule has 2 aromatic carbocycles. The highest BCUT2D eigenvalue weighted by molar-refractivity contribution is 6.11. The van der Waals surface area contributed by atoms with Gasteiger partial charge in [0.15, 0.2) is 5.54 Å². The molecule has 4 heterocycles. The van der Waals surface area contributed by atoms with E-state index in [1.165, 1.54) is 5.57 Å². The zero-order chi connectivity index (χ0) is 14.6. The minimum Gasteiger partial charge on any atom is -0.265 e. The molecule has 2 aromatic rings. The third-order valence-corrected chi connectivity index (χ3v) is 4.60. The Bertz CT molecular complexity index is 838. The molecule has 106 valence electrons. The molecule has 4 nitrogen and oxygen atoms in total. The van der Waals surface area contributed by atoms with E-state index < -0.39 is 11.3 Å². The first-order valence-corrected chi connectivity index (χ1v) is 7.45. The van der Waals surface area contributed by atoms with E-state index in [1.54, 1.807) is 0 Å². The van der Waals surface area contributed by atoms with Gasteiger partial charge >= 0.3 is 0 Å². The summed E-state index contributed by atoms with van der Waals surface area (Å²) in [5.74, 6) is -0.637. The molecule has 1 N–H and O–H groups in total. The minimum atomic E-state index is -0.637. The van der Waals surface area contributed by atoms with Crippen LogP contribution in [-0.4, -0.2) is 18.0 Å². The first-order chi connectivity index (χ1) is 10.8. The number of dihydropyridines is 1. The van der Waals surface area contributed by atoms with Crippen molar-refractivity contribution < 1.29 is 0 Å². The largest absolute Gasteiger partial charge is 0.265 e. The molecule has 1 fully saturated rings. The van der Waals surface area contributed by atoms with Gasteiger partial charge in [-0.05, 0) is 17.2 Å². The van der Waals surface area contributed by atoms with Crippen LogP contribution in [0.1, 0.15) is 11.1 Å². The Morgan fingerprint density at radius 3 is 2.23 bits per heavy atom. The molecule has 1 spiro atoms. The summed E-state index contributed by atoms with van der Waals surface area (Å²) < 4.78 is 0. The van der Waals surface area contributed by atoms with E-state index in [4.69, 9.17) is 4.99 Å². The number of azo groups is 1. The van der Waals surface area contributed by atoms with E-state index in [-0.39, 0.29) is 0 Å². The van der Waals surface area contributed by atoms with Gasteiger partial charge in [0.1, 0.15) is 0 Å². The van der Waals surface area contributed by atoms with E-state index in [0.717, 1.165) is 23.4 Å². The average molecular weight is 286 g/mol. The van der Waals surface area contributed by atoms with Gasteiger partial charge in [-0.25, -0.2) is 4.99 Å². The molecule has 1 saturated heterocycles. The minimum absolute atomic E-state index is 0.595. The van der Waals surface area contributed by atoms with Crippen LogP contribution in [0.5, 0.6) is 0 Å². The number of nitrogens with one attached hydrogen (secondary N) is 1. The summed E-state index contributed by atoms with van der Waals surface area (Å²) in [5.41, 5.74) is 3.78. The van der Waals surface area contributed by atoms with E-state index in [1.807, 2.05) is 36.4 Å². The molecule has 22 heavy (non-hydrogen) atoms. The molecule has 0 aliphatic carbocycles. The van der Waals surface area contributed by atoms with Crippen molar-refractivity contribution in [2.24, 2.45) is 15.2 Å². The predicted molar refractivity (Wildman–Crippen MR) is 84.8 cm³/mol. The van der Waals surface area contributed by atoms with Crippen LogP contribution >= 0.6 is 0 Å². The molecular formula is C18H14N4. The van der Waals surface area contributed by atoms with Crippen LogP contribution in [0.15, 0.2) is 87.5 Å². The van der Waals surface area contributed by atoms with Gasteiger partial charge in [-0.1, -0.05) is 60.7 Å². The summed E-state index contributed by atoms with van der Waals surface area (Å²) in [6.45, 7) is 0.833. The molecule has 4 aliphatic heterocycles. The summed E-state index contributed by atoms with van der Waals surface area (Å²) in [7, 11) is 0. The van der Waals surface area contributed by atoms with Crippen molar-refractivity contribution in [2.45, 2.75) is 11.3 Å². The van der Waals surface area contributed by atoms with Gasteiger partial charge < -0.3 is 0 Å². The maximum absolute atomic E-state index is 4.95. The number of rotatable bonds is 2. The van der Waals surface area contributed by atoms with Crippen molar-refractivity contribution in [2.75, 3.05) is 6.54 Å². The fourth-order valence-electron chi connectivity index (χ4n) is 3.38. The summed E-state index contributed by atoms with van der Waals surface area (Å²) in [5, 5.41) is 12.5. The van der Waals surface area contributed by atoms with E-state index in [9.17, 15) is 0 Å². The lowest BCUT2D eigenvalue weighted by atomic mass is 9.75. The molecular weight excluding hydrogens is 272 g/mol. The fourth-order valence-corrected chi connectivity index (χ4v) is 3.38. The first kappa shape index (κ1) is 12.0. The Balaban J connectivity index is 1.77. The molecule has 2 atom stereocenters. The normalized spacial score (nSPS) is 31.1. The number of benzene rings is 2. The van der Waals surface area contributed by atoms with Crippen LogP contribution in [0, 0.1) is 0 Å². The second-order valence-corrected chi connectivity index (χ2v) is 5.85. The van der Waals surface area contributed by atoms with Crippen LogP contribution in [-0.2, 0) is 5.54 Å². The molecule has 2 bridgehead atoms. The molecule has 6 rings (SSSR count). The number of hydrogen-bond donors (Lipinski definition) is 1. The van der Waals surface area contributed by atoms with Crippen LogP contribution in [0.3, 0.4) is 0 Å². The van der Waals surface area contributed by atoms with Crippen molar-refractivity contribution in [3.63, 3.8) is 0 Å². The van der Waals surface area contributed by atoms with Crippen molar-refractivity contribution in [1.29, 1.82) is 0 Å². The van der Waals surface area contributed by atoms with Gasteiger partial charge in [0, 0.05) is 12.1 Å². The van der Waals surface area contributed by atoms with Gasteiger partial charge in [-0.15, -0.1) is 5.11 Å². The zero-order valence-electron chi connectivity index (χ0n) is 11.9. The first-order valence-electron chi connectivity index (χ1n) is 7.45. The number of nitrogens with zero attached hydrogens (tertiary/aromatic N) is 3. The Kier molecular flexibility index (Phi) is 2.18. The summed E-state index contributed by atoms with van der Waals surface area (Å²) >= 11 is 0. The van der Waals surface area contributed by atoms with Crippen molar-refractivity contribution >= 4 is 5.71 Å². The lowest BCUT2D eigenvalue weighted by Crippen LogP contribution is -2.63. The standard InChI is InChI=1S/C18H14N4/c1-3-7-13(8-4-1)16-17(14-9-5-2-6-10-14)11-15-12-19-18(15,20-16)22-21-17/h1-11,19H,12H2. The average Bonchev–Trinajstić information content (AvgIpc) is 2.59. The molecule has 0 radical (unpaired) electrons. The van der Waals surface area contributed by atoms with Crippen LogP contribution < -0.4 is 5.32 Å².